The Balaban J connectivity index is 2.03. The molecule has 0 saturated heterocycles. The highest BCUT2D eigenvalue weighted by atomic mass is 32.1. The van der Waals surface area contributed by atoms with Crippen LogP contribution in [0.15, 0.2) is 47.8 Å². The van der Waals surface area contributed by atoms with Gasteiger partial charge in [0.1, 0.15) is 0 Å². The molecule has 0 fully saturated rings. The zero-order valence-corrected chi connectivity index (χ0v) is 9.83. The predicted octanol–water partition coefficient (Wildman–Crippen LogP) is 3.24. The number of rotatable bonds is 3. The van der Waals surface area contributed by atoms with E-state index in [1.54, 1.807) is 11.3 Å². The van der Waals surface area contributed by atoms with Gasteiger partial charge in [-0.25, -0.2) is 0 Å². The van der Waals surface area contributed by atoms with E-state index < -0.39 is 0 Å². The first-order valence-corrected chi connectivity index (χ1v) is 6.04. The van der Waals surface area contributed by atoms with Crippen LogP contribution in [-0.2, 0) is 0 Å². The standard InChI is InChI=1S/C13H13NOS/c1-10(12-8-5-9-16-12)14-13(15)11-6-3-2-4-7-11/h2-10H,1H3,(H,14,15)/t10-/m0/s1. The maximum Gasteiger partial charge on any atom is 0.251 e. The van der Waals surface area contributed by atoms with Crippen LogP contribution >= 0.6 is 11.3 Å². The molecule has 2 nitrogen and oxygen atoms in total. The molecule has 0 bridgehead atoms. The van der Waals surface area contributed by atoms with Crippen LogP contribution in [0.4, 0.5) is 0 Å². The summed E-state index contributed by atoms with van der Waals surface area (Å²) in [6.45, 7) is 1.99. The molecule has 2 aromatic rings. The summed E-state index contributed by atoms with van der Waals surface area (Å²) in [6.07, 6.45) is 0. The molecule has 2 rings (SSSR count). The molecule has 1 atom stereocenters. The van der Waals surface area contributed by atoms with Crippen LogP contribution in [0.5, 0.6) is 0 Å². The van der Waals surface area contributed by atoms with Crippen molar-refractivity contribution in [1.29, 1.82) is 0 Å². The Kier molecular flexibility index (Phi) is 3.37. The van der Waals surface area contributed by atoms with E-state index in [-0.39, 0.29) is 11.9 Å². The smallest absolute Gasteiger partial charge is 0.251 e. The summed E-state index contributed by atoms with van der Waals surface area (Å²) in [5.41, 5.74) is 0.700. The molecule has 3 heteroatoms. The second kappa shape index (κ2) is 4.94. The molecule has 82 valence electrons. The van der Waals surface area contributed by atoms with Gasteiger partial charge >= 0.3 is 0 Å². The molecule has 1 aromatic heterocycles. The Morgan fingerprint density at radius 1 is 1.19 bits per heavy atom. The van der Waals surface area contributed by atoms with Crippen molar-refractivity contribution in [3.63, 3.8) is 0 Å². The Labute approximate surface area is 98.9 Å². The summed E-state index contributed by atoms with van der Waals surface area (Å²) in [5.74, 6) is -0.0264. The van der Waals surface area contributed by atoms with Gasteiger partial charge in [0.05, 0.1) is 6.04 Å². The molecule has 0 aliphatic heterocycles. The van der Waals surface area contributed by atoms with Crippen molar-refractivity contribution in [2.75, 3.05) is 0 Å². The van der Waals surface area contributed by atoms with Crippen molar-refractivity contribution in [3.8, 4) is 0 Å². The zero-order chi connectivity index (χ0) is 11.4. The minimum Gasteiger partial charge on any atom is -0.345 e. The van der Waals surface area contributed by atoms with E-state index in [0.29, 0.717) is 5.56 Å². The third kappa shape index (κ3) is 2.49. The van der Waals surface area contributed by atoms with Crippen LogP contribution in [-0.4, -0.2) is 5.91 Å². The Morgan fingerprint density at radius 2 is 1.94 bits per heavy atom. The maximum atomic E-state index is 11.8. The van der Waals surface area contributed by atoms with Crippen LogP contribution in [0.3, 0.4) is 0 Å². The lowest BCUT2D eigenvalue weighted by Crippen LogP contribution is -2.25. The Morgan fingerprint density at radius 3 is 2.56 bits per heavy atom. The number of hydrogen-bond acceptors (Lipinski definition) is 2. The van der Waals surface area contributed by atoms with E-state index in [2.05, 4.69) is 5.32 Å². The summed E-state index contributed by atoms with van der Waals surface area (Å²) in [7, 11) is 0. The van der Waals surface area contributed by atoms with Gasteiger partial charge in [-0.15, -0.1) is 11.3 Å². The van der Waals surface area contributed by atoms with Crippen LogP contribution in [0.1, 0.15) is 28.2 Å². The van der Waals surface area contributed by atoms with Crippen molar-refractivity contribution in [3.05, 3.63) is 58.3 Å². The van der Waals surface area contributed by atoms with Crippen LogP contribution in [0.25, 0.3) is 0 Å². The number of amides is 1. The topological polar surface area (TPSA) is 29.1 Å². The van der Waals surface area contributed by atoms with Gasteiger partial charge in [0.15, 0.2) is 0 Å². The van der Waals surface area contributed by atoms with Gasteiger partial charge < -0.3 is 5.32 Å². The average molecular weight is 231 g/mol. The van der Waals surface area contributed by atoms with Crippen LogP contribution < -0.4 is 5.32 Å². The molecular formula is C13H13NOS. The number of carbonyl (C=O) groups excluding carboxylic acids is 1. The molecule has 0 unspecified atom stereocenters. The highest BCUT2D eigenvalue weighted by Crippen LogP contribution is 2.18. The molecule has 1 heterocycles. The highest BCUT2D eigenvalue weighted by molar-refractivity contribution is 7.10. The van der Waals surface area contributed by atoms with Crippen molar-refractivity contribution in [2.24, 2.45) is 0 Å². The fraction of sp³-hybridized carbons (Fsp3) is 0.154. The van der Waals surface area contributed by atoms with Crippen molar-refractivity contribution in [1.82, 2.24) is 5.32 Å². The van der Waals surface area contributed by atoms with Crippen molar-refractivity contribution in [2.45, 2.75) is 13.0 Å². The number of thiophene rings is 1. The normalized spacial score (nSPS) is 12.1. The number of hydrogen-bond donors (Lipinski definition) is 1. The molecule has 1 amide bonds. The molecule has 16 heavy (non-hydrogen) atoms. The summed E-state index contributed by atoms with van der Waals surface area (Å²) in [4.78, 5) is 13.0. The SMILES string of the molecule is C[C@H](NC(=O)c1ccccc1)c1cccs1. The van der Waals surface area contributed by atoms with E-state index in [1.165, 1.54) is 4.88 Å². The summed E-state index contributed by atoms with van der Waals surface area (Å²) >= 11 is 1.65. The highest BCUT2D eigenvalue weighted by Gasteiger charge is 2.11. The lowest BCUT2D eigenvalue weighted by molar-refractivity contribution is 0.0940. The van der Waals surface area contributed by atoms with Crippen molar-refractivity contribution >= 4 is 17.2 Å². The largest absolute Gasteiger partial charge is 0.345 e. The molecular weight excluding hydrogens is 218 g/mol. The summed E-state index contributed by atoms with van der Waals surface area (Å²) in [5, 5.41) is 4.98. The average Bonchev–Trinajstić information content (AvgIpc) is 2.83. The first-order valence-electron chi connectivity index (χ1n) is 5.16. The lowest BCUT2D eigenvalue weighted by atomic mass is 10.2. The summed E-state index contributed by atoms with van der Waals surface area (Å²) < 4.78 is 0. The van der Waals surface area contributed by atoms with E-state index in [9.17, 15) is 4.79 Å². The molecule has 1 N–H and O–H groups in total. The van der Waals surface area contributed by atoms with Gasteiger partial charge in [0, 0.05) is 10.4 Å². The van der Waals surface area contributed by atoms with Gasteiger partial charge in [-0.1, -0.05) is 24.3 Å². The maximum absolute atomic E-state index is 11.8. The molecule has 0 radical (unpaired) electrons. The molecule has 1 aromatic carbocycles. The van der Waals surface area contributed by atoms with Gasteiger partial charge in [-0.05, 0) is 30.5 Å². The first kappa shape index (κ1) is 10.9. The fourth-order valence-electron chi connectivity index (χ4n) is 1.48. The lowest BCUT2D eigenvalue weighted by Gasteiger charge is -2.11. The number of nitrogens with one attached hydrogen (secondary N) is 1. The summed E-state index contributed by atoms with van der Waals surface area (Å²) in [6, 6.07) is 13.3. The van der Waals surface area contributed by atoms with Crippen LogP contribution in [0, 0.1) is 0 Å². The fourth-order valence-corrected chi connectivity index (χ4v) is 2.21. The molecule has 0 aliphatic rings. The van der Waals surface area contributed by atoms with E-state index in [0.717, 1.165) is 0 Å². The Bertz CT molecular complexity index is 450. The van der Waals surface area contributed by atoms with Gasteiger partial charge in [0.25, 0.3) is 5.91 Å². The number of carbonyl (C=O) groups is 1. The van der Waals surface area contributed by atoms with E-state index >= 15 is 0 Å². The van der Waals surface area contributed by atoms with Gasteiger partial charge in [-0.3, -0.25) is 4.79 Å². The number of benzene rings is 1. The molecule has 0 spiro atoms. The predicted molar refractivity (Wildman–Crippen MR) is 66.6 cm³/mol. The second-order valence-electron chi connectivity index (χ2n) is 3.58. The Hall–Kier alpha value is -1.61. The molecule has 0 aliphatic carbocycles. The third-order valence-electron chi connectivity index (χ3n) is 2.35. The van der Waals surface area contributed by atoms with E-state index in [4.69, 9.17) is 0 Å². The minimum absolute atomic E-state index is 0.0264. The second-order valence-corrected chi connectivity index (χ2v) is 4.56. The van der Waals surface area contributed by atoms with Gasteiger partial charge in [-0.2, -0.15) is 0 Å². The quantitative estimate of drug-likeness (QED) is 0.863. The monoisotopic (exact) mass is 231 g/mol. The van der Waals surface area contributed by atoms with Crippen molar-refractivity contribution < 1.29 is 4.79 Å². The minimum atomic E-state index is -0.0264. The van der Waals surface area contributed by atoms with E-state index in [1.807, 2.05) is 54.8 Å². The molecule has 0 saturated carbocycles. The first-order chi connectivity index (χ1) is 7.77. The zero-order valence-electron chi connectivity index (χ0n) is 9.01. The van der Waals surface area contributed by atoms with Gasteiger partial charge in [0.2, 0.25) is 0 Å². The van der Waals surface area contributed by atoms with Crippen LogP contribution in [0.2, 0.25) is 0 Å². The third-order valence-corrected chi connectivity index (χ3v) is 3.41.